The predicted molar refractivity (Wildman–Crippen MR) is 64.8 cm³/mol. The fourth-order valence-electron chi connectivity index (χ4n) is 2.35. The van der Waals surface area contributed by atoms with Crippen molar-refractivity contribution < 1.29 is 4.79 Å². The van der Waals surface area contributed by atoms with Crippen LogP contribution in [-0.2, 0) is 4.79 Å². The third-order valence-corrected chi connectivity index (χ3v) is 4.05. The van der Waals surface area contributed by atoms with Gasteiger partial charge in [0.1, 0.15) is 0 Å². The molecular weight excluding hydrogens is 206 g/mol. The number of hydrogen-bond acceptors (Lipinski definition) is 3. The Kier molecular flexibility index (Phi) is 3.10. The average molecular weight is 225 g/mol. The maximum Gasteiger partial charge on any atom is 0.214 e. The zero-order valence-corrected chi connectivity index (χ0v) is 10.4. The van der Waals surface area contributed by atoms with Crippen LogP contribution in [0.5, 0.6) is 0 Å². The van der Waals surface area contributed by atoms with Crippen LogP contribution in [0.2, 0.25) is 0 Å². The maximum absolute atomic E-state index is 11.6. The van der Waals surface area contributed by atoms with Crippen LogP contribution < -0.4 is 0 Å². The van der Waals surface area contributed by atoms with Crippen molar-refractivity contribution in [3.8, 4) is 0 Å². The quantitative estimate of drug-likeness (QED) is 0.684. The molecule has 2 aliphatic heterocycles. The van der Waals surface area contributed by atoms with E-state index in [1.54, 1.807) is 0 Å². The van der Waals surface area contributed by atoms with Crippen molar-refractivity contribution in [3.63, 3.8) is 0 Å². The molecule has 2 heterocycles. The summed E-state index contributed by atoms with van der Waals surface area (Å²) in [5.74, 6) is 0. The Bertz CT molecular complexity index is 290. The summed E-state index contributed by atoms with van der Waals surface area (Å²) in [6.07, 6.45) is 6.78. The first-order chi connectivity index (χ1) is 7.07. The molecule has 2 nitrogen and oxygen atoms in total. The monoisotopic (exact) mass is 225 g/mol. The molecule has 0 aliphatic carbocycles. The van der Waals surface area contributed by atoms with E-state index < -0.39 is 0 Å². The normalized spacial score (nSPS) is 26.4. The van der Waals surface area contributed by atoms with E-state index in [9.17, 15) is 4.79 Å². The summed E-state index contributed by atoms with van der Waals surface area (Å²) >= 11 is 1.47. The van der Waals surface area contributed by atoms with Gasteiger partial charge in [-0.15, -0.1) is 0 Å². The molecule has 0 radical (unpaired) electrons. The maximum atomic E-state index is 11.6. The van der Waals surface area contributed by atoms with Gasteiger partial charge in [-0.25, -0.2) is 0 Å². The van der Waals surface area contributed by atoms with Crippen LogP contribution >= 0.6 is 11.8 Å². The van der Waals surface area contributed by atoms with E-state index in [0.717, 1.165) is 19.5 Å². The molecule has 15 heavy (non-hydrogen) atoms. The zero-order valence-electron chi connectivity index (χ0n) is 9.58. The third-order valence-electron chi connectivity index (χ3n) is 3.03. The standard InChI is InChI=1S/C12H19NOS/c1-12(2)9-10(8-11(14)15-12)13-6-4-3-5-7-13/h8H,3-7,9H2,1-2H3. The highest BCUT2D eigenvalue weighted by Gasteiger charge is 2.30. The molecule has 0 aromatic rings. The Hall–Kier alpha value is -0.440. The topological polar surface area (TPSA) is 20.3 Å². The van der Waals surface area contributed by atoms with E-state index in [2.05, 4.69) is 18.7 Å². The SMILES string of the molecule is CC1(C)CC(N2CCCCC2)=CC(=O)S1. The second kappa shape index (κ2) is 4.20. The number of hydrogen-bond donors (Lipinski definition) is 0. The summed E-state index contributed by atoms with van der Waals surface area (Å²) in [5.41, 5.74) is 1.27. The minimum Gasteiger partial charge on any atom is -0.375 e. The van der Waals surface area contributed by atoms with Crippen LogP contribution in [0.1, 0.15) is 39.5 Å². The lowest BCUT2D eigenvalue weighted by Gasteiger charge is -2.37. The summed E-state index contributed by atoms with van der Waals surface area (Å²) < 4.78 is 0.0820. The number of carbonyl (C=O) groups excluding carboxylic acids is 1. The van der Waals surface area contributed by atoms with Gasteiger partial charge in [0.25, 0.3) is 0 Å². The van der Waals surface area contributed by atoms with Gasteiger partial charge in [0.15, 0.2) is 0 Å². The number of piperidine rings is 1. The molecular formula is C12H19NOS. The molecule has 0 unspecified atom stereocenters. The molecule has 1 saturated heterocycles. The van der Waals surface area contributed by atoms with E-state index in [0.29, 0.717) is 0 Å². The lowest BCUT2D eigenvalue weighted by Crippen LogP contribution is -2.35. The third kappa shape index (κ3) is 2.77. The molecule has 0 N–H and O–H groups in total. The number of likely N-dealkylation sites (tertiary alicyclic amines) is 1. The Morgan fingerprint density at radius 1 is 1.27 bits per heavy atom. The van der Waals surface area contributed by atoms with Gasteiger partial charge < -0.3 is 4.90 Å². The molecule has 2 aliphatic rings. The van der Waals surface area contributed by atoms with Gasteiger partial charge in [0, 0.05) is 36.0 Å². The number of allylic oxidation sites excluding steroid dienone is 1. The summed E-state index contributed by atoms with van der Waals surface area (Å²) in [6.45, 7) is 6.60. The van der Waals surface area contributed by atoms with E-state index in [1.807, 2.05) is 6.08 Å². The van der Waals surface area contributed by atoms with Crippen LogP contribution in [-0.4, -0.2) is 27.9 Å². The van der Waals surface area contributed by atoms with E-state index >= 15 is 0 Å². The summed E-state index contributed by atoms with van der Waals surface area (Å²) in [7, 11) is 0. The summed E-state index contributed by atoms with van der Waals surface area (Å²) in [5, 5.41) is 0.229. The highest BCUT2D eigenvalue weighted by molar-refractivity contribution is 8.15. The van der Waals surface area contributed by atoms with Gasteiger partial charge >= 0.3 is 0 Å². The van der Waals surface area contributed by atoms with E-state index in [4.69, 9.17) is 0 Å². The second-order valence-corrected chi connectivity index (χ2v) is 6.75. The molecule has 0 aromatic heterocycles. The molecule has 0 saturated carbocycles. The van der Waals surface area contributed by atoms with Gasteiger partial charge in [-0.1, -0.05) is 11.8 Å². The van der Waals surface area contributed by atoms with Crippen molar-refractivity contribution >= 4 is 16.9 Å². The zero-order chi connectivity index (χ0) is 10.9. The molecule has 0 aromatic carbocycles. The minimum absolute atomic E-state index is 0.0820. The van der Waals surface area contributed by atoms with Gasteiger partial charge in [0.2, 0.25) is 5.12 Å². The first-order valence-corrected chi connectivity index (χ1v) is 6.57. The molecule has 0 atom stereocenters. The molecule has 0 spiro atoms. The Balaban J connectivity index is 2.10. The highest BCUT2D eigenvalue weighted by atomic mass is 32.2. The van der Waals surface area contributed by atoms with Crippen LogP contribution in [0.3, 0.4) is 0 Å². The highest BCUT2D eigenvalue weighted by Crippen LogP contribution is 2.38. The second-order valence-electron chi connectivity index (χ2n) is 5.04. The molecule has 1 fully saturated rings. The van der Waals surface area contributed by atoms with Gasteiger partial charge in [0.05, 0.1) is 0 Å². The van der Waals surface area contributed by atoms with Crippen molar-refractivity contribution in [1.29, 1.82) is 0 Å². The van der Waals surface area contributed by atoms with Crippen molar-refractivity contribution in [2.75, 3.05) is 13.1 Å². The number of rotatable bonds is 1. The smallest absolute Gasteiger partial charge is 0.214 e. The largest absolute Gasteiger partial charge is 0.375 e. The van der Waals surface area contributed by atoms with Crippen LogP contribution in [0.15, 0.2) is 11.8 Å². The molecule has 0 bridgehead atoms. The fraction of sp³-hybridized carbons (Fsp3) is 0.750. The molecule has 2 rings (SSSR count). The van der Waals surface area contributed by atoms with Gasteiger partial charge in [-0.3, -0.25) is 4.79 Å². The van der Waals surface area contributed by atoms with Crippen LogP contribution in [0.4, 0.5) is 0 Å². The molecule has 84 valence electrons. The van der Waals surface area contributed by atoms with Crippen molar-refractivity contribution in [2.45, 2.75) is 44.3 Å². The predicted octanol–water partition coefficient (Wildman–Crippen LogP) is 2.80. The average Bonchev–Trinajstić information content (AvgIpc) is 2.16. The fourth-order valence-corrected chi connectivity index (χ4v) is 3.30. The van der Waals surface area contributed by atoms with E-state index in [-0.39, 0.29) is 9.86 Å². The summed E-state index contributed by atoms with van der Waals surface area (Å²) in [6, 6.07) is 0. The summed E-state index contributed by atoms with van der Waals surface area (Å²) in [4.78, 5) is 14.0. The number of carbonyl (C=O) groups is 1. The first kappa shape index (κ1) is 11.1. The van der Waals surface area contributed by atoms with Crippen LogP contribution in [0.25, 0.3) is 0 Å². The van der Waals surface area contributed by atoms with Crippen molar-refractivity contribution in [3.05, 3.63) is 11.8 Å². The minimum atomic E-state index is 0.0820. The number of thioether (sulfide) groups is 1. The van der Waals surface area contributed by atoms with E-state index in [1.165, 1.54) is 36.7 Å². The molecule has 0 amide bonds. The lowest BCUT2D eigenvalue weighted by atomic mass is 10.0. The first-order valence-electron chi connectivity index (χ1n) is 5.75. The lowest BCUT2D eigenvalue weighted by molar-refractivity contribution is -0.107. The molecule has 3 heteroatoms. The van der Waals surface area contributed by atoms with Crippen molar-refractivity contribution in [1.82, 2.24) is 4.90 Å². The Morgan fingerprint density at radius 3 is 2.53 bits per heavy atom. The van der Waals surface area contributed by atoms with Crippen molar-refractivity contribution in [2.24, 2.45) is 0 Å². The van der Waals surface area contributed by atoms with Crippen LogP contribution in [0, 0.1) is 0 Å². The Labute approximate surface area is 96.1 Å². The van der Waals surface area contributed by atoms with Gasteiger partial charge in [-0.2, -0.15) is 0 Å². The van der Waals surface area contributed by atoms with Gasteiger partial charge in [-0.05, 0) is 33.1 Å². The Morgan fingerprint density at radius 2 is 1.93 bits per heavy atom. The number of nitrogens with zero attached hydrogens (tertiary/aromatic N) is 1.